The van der Waals surface area contributed by atoms with E-state index >= 15 is 0 Å². The van der Waals surface area contributed by atoms with Crippen molar-refractivity contribution in [2.45, 2.75) is 77.2 Å². The molecule has 0 saturated carbocycles. The molecule has 0 bridgehead atoms. The largest absolute Gasteiger partial charge is 0.494 e. The van der Waals surface area contributed by atoms with E-state index in [1.165, 1.54) is 0 Å². The van der Waals surface area contributed by atoms with Crippen LogP contribution in [0.2, 0.25) is 0 Å². The molecule has 4 amide bonds. The van der Waals surface area contributed by atoms with Crippen molar-refractivity contribution in [3.63, 3.8) is 0 Å². The van der Waals surface area contributed by atoms with Crippen LogP contribution in [0.4, 0.5) is 0 Å². The molecule has 12 nitrogen and oxygen atoms in total. The molecular formula is C27H30BN5O7. The second-order valence-corrected chi connectivity index (χ2v) is 11.5. The molecule has 1 aromatic carbocycles. The third-order valence-electron chi connectivity index (χ3n) is 8.34. The summed E-state index contributed by atoms with van der Waals surface area (Å²) >= 11 is 0. The van der Waals surface area contributed by atoms with E-state index in [1.807, 2.05) is 52.0 Å². The predicted octanol–water partition coefficient (Wildman–Crippen LogP) is 1.06. The number of hydrogen-bond acceptors (Lipinski definition) is 10. The number of aromatic nitrogens is 2. The van der Waals surface area contributed by atoms with Crippen molar-refractivity contribution in [3.05, 3.63) is 41.4 Å². The number of nitrogens with one attached hydrogen (secondary N) is 1. The number of carbonyl (C=O) groups is 4. The van der Waals surface area contributed by atoms with Crippen molar-refractivity contribution in [3.8, 4) is 11.4 Å². The van der Waals surface area contributed by atoms with E-state index in [-0.39, 0.29) is 31.0 Å². The monoisotopic (exact) mass is 547 g/mol. The van der Waals surface area contributed by atoms with Gasteiger partial charge in [0.15, 0.2) is 0 Å². The smallest absolute Gasteiger partial charge is 0.399 e. The maximum absolute atomic E-state index is 13.4. The maximum Gasteiger partial charge on any atom is 0.494 e. The Morgan fingerprint density at radius 2 is 1.80 bits per heavy atom. The Labute approximate surface area is 231 Å². The summed E-state index contributed by atoms with van der Waals surface area (Å²) in [6.07, 6.45) is 1.27. The van der Waals surface area contributed by atoms with Gasteiger partial charge in [-0.05, 0) is 52.4 Å². The fraction of sp³-hybridized carbons (Fsp3) is 0.481. The molecule has 6 rings (SSSR count). The Morgan fingerprint density at radius 3 is 2.52 bits per heavy atom. The molecule has 1 atom stereocenters. The standard InChI is InChI=1S/C27H30BN5O7/c1-26(2)27(3,4)40-28(39-26)16-8-5-7-15(13-16)22-30-20(38-31-22)14-32-12-6-9-17-21(32)25(37)33(24(17)36)18-10-11-19(34)29-23(18)35/h5,7-8,13,18H,6,9-12,14H2,1-4H3,(H,29,34,35). The van der Waals surface area contributed by atoms with Crippen LogP contribution in [0.3, 0.4) is 0 Å². The van der Waals surface area contributed by atoms with Crippen LogP contribution >= 0.6 is 0 Å². The summed E-state index contributed by atoms with van der Waals surface area (Å²) in [6, 6.07) is 6.55. The molecule has 0 aliphatic carbocycles. The van der Waals surface area contributed by atoms with Crippen LogP contribution in [0, 0.1) is 0 Å². The van der Waals surface area contributed by atoms with E-state index in [4.69, 9.17) is 13.8 Å². The Bertz CT molecular complexity index is 1450. The molecule has 0 radical (unpaired) electrons. The Kier molecular flexibility index (Phi) is 6.19. The third kappa shape index (κ3) is 4.33. The van der Waals surface area contributed by atoms with Gasteiger partial charge in [-0.15, -0.1) is 0 Å². The summed E-state index contributed by atoms with van der Waals surface area (Å²) in [4.78, 5) is 57.9. The van der Waals surface area contributed by atoms with E-state index in [0.717, 1.165) is 15.9 Å². The normalized spacial score (nSPS) is 24.2. The molecule has 0 spiro atoms. The number of nitrogens with zero attached hydrogens (tertiary/aromatic N) is 4. The lowest BCUT2D eigenvalue weighted by atomic mass is 9.78. The Balaban J connectivity index is 1.19. The van der Waals surface area contributed by atoms with E-state index in [9.17, 15) is 19.2 Å². The first-order chi connectivity index (χ1) is 18.9. The average molecular weight is 547 g/mol. The molecule has 2 aromatic rings. The fourth-order valence-electron chi connectivity index (χ4n) is 5.46. The van der Waals surface area contributed by atoms with Crippen LogP contribution in [0.25, 0.3) is 11.4 Å². The second-order valence-electron chi connectivity index (χ2n) is 11.5. The molecule has 5 heterocycles. The SMILES string of the molecule is CC1(C)OB(c2cccc(-c3noc(CN4CCCC5=C4C(=O)N(C4CCC(=O)NC4=O)C5=O)n3)c2)OC1(C)C. The highest BCUT2D eigenvalue weighted by Gasteiger charge is 2.52. The van der Waals surface area contributed by atoms with Gasteiger partial charge in [0.25, 0.3) is 11.8 Å². The first-order valence-corrected chi connectivity index (χ1v) is 13.4. The predicted molar refractivity (Wildman–Crippen MR) is 140 cm³/mol. The molecular weight excluding hydrogens is 517 g/mol. The van der Waals surface area contributed by atoms with Crippen LogP contribution < -0.4 is 10.8 Å². The van der Waals surface area contributed by atoms with E-state index in [0.29, 0.717) is 30.8 Å². The van der Waals surface area contributed by atoms with Gasteiger partial charge in [-0.3, -0.25) is 29.4 Å². The molecule has 4 aliphatic rings. The lowest BCUT2D eigenvalue weighted by molar-refractivity contribution is -0.150. The molecule has 1 N–H and O–H groups in total. The quantitative estimate of drug-likeness (QED) is 0.426. The van der Waals surface area contributed by atoms with Crippen LogP contribution in [-0.4, -0.2) is 74.5 Å². The van der Waals surface area contributed by atoms with Crippen molar-refractivity contribution in [1.29, 1.82) is 0 Å². The van der Waals surface area contributed by atoms with Crippen molar-refractivity contribution in [2.75, 3.05) is 6.54 Å². The minimum Gasteiger partial charge on any atom is -0.399 e. The van der Waals surface area contributed by atoms with E-state index < -0.39 is 48.0 Å². The number of benzene rings is 1. The highest BCUT2D eigenvalue weighted by Crippen LogP contribution is 2.37. The van der Waals surface area contributed by atoms with Crippen molar-refractivity contribution >= 4 is 36.2 Å². The molecule has 208 valence electrons. The Morgan fingerprint density at radius 1 is 1.05 bits per heavy atom. The van der Waals surface area contributed by atoms with Crippen LogP contribution in [0.15, 0.2) is 40.1 Å². The third-order valence-corrected chi connectivity index (χ3v) is 8.34. The first kappa shape index (κ1) is 26.4. The van der Waals surface area contributed by atoms with Crippen LogP contribution in [0.5, 0.6) is 0 Å². The van der Waals surface area contributed by atoms with Crippen molar-refractivity contribution < 1.29 is 33.0 Å². The van der Waals surface area contributed by atoms with Crippen molar-refractivity contribution in [2.24, 2.45) is 0 Å². The summed E-state index contributed by atoms with van der Waals surface area (Å²) in [6.45, 7) is 8.63. The molecule has 13 heteroatoms. The Hall–Kier alpha value is -3.84. The maximum atomic E-state index is 13.4. The highest BCUT2D eigenvalue weighted by molar-refractivity contribution is 6.62. The van der Waals surface area contributed by atoms with Gasteiger partial charge < -0.3 is 18.7 Å². The van der Waals surface area contributed by atoms with Gasteiger partial charge in [0.05, 0.1) is 17.7 Å². The van der Waals surface area contributed by atoms with Gasteiger partial charge in [0.2, 0.25) is 23.5 Å². The topological polar surface area (TPSA) is 144 Å². The van der Waals surface area contributed by atoms with E-state index in [1.54, 1.807) is 4.90 Å². The van der Waals surface area contributed by atoms with Gasteiger partial charge in [-0.1, -0.05) is 29.4 Å². The number of hydrogen-bond donors (Lipinski definition) is 1. The number of piperidine rings is 1. The number of imide groups is 2. The number of carbonyl (C=O) groups excluding carboxylic acids is 4. The van der Waals surface area contributed by atoms with Gasteiger partial charge in [-0.25, -0.2) is 0 Å². The molecule has 1 unspecified atom stereocenters. The molecule has 2 fully saturated rings. The highest BCUT2D eigenvalue weighted by atomic mass is 16.7. The fourth-order valence-corrected chi connectivity index (χ4v) is 5.46. The zero-order chi connectivity index (χ0) is 28.4. The molecule has 1 aromatic heterocycles. The molecule has 4 aliphatic heterocycles. The number of rotatable bonds is 5. The summed E-state index contributed by atoms with van der Waals surface area (Å²) in [5, 5.41) is 6.37. The van der Waals surface area contributed by atoms with Gasteiger partial charge in [-0.2, -0.15) is 4.98 Å². The minimum atomic E-state index is -1.00. The zero-order valence-electron chi connectivity index (χ0n) is 22.9. The summed E-state index contributed by atoms with van der Waals surface area (Å²) in [5.74, 6) is -1.40. The van der Waals surface area contributed by atoms with Gasteiger partial charge in [0, 0.05) is 24.1 Å². The number of amides is 4. The second kappa shape index (κ2) is 9.38. The molecule has 40 heavy (non-hydrogen) atoms. The average Bonchev–Trinajstić information content (AvgIpc) is 3.53. The van der Waals surface area contributed by atoms with Gasteiger partial charge in [0.1, 0.15) is 11.7 Å². The summed E-state index contributed by atoms with van der Waals surface area (Å²) < 4.78 is 17.9. The summed E-state index contributed by atoms with van der Waals surface area (Å²) in [7, 11) is -0.534. The minimum absolute atomic E-state index is 0.0718. The van der Waals surface area contributed by atoms with Crippen LogP contribution in [-0.2, 0) is 35.0 Å². The van der Waals surface area contributed by atoms with Crippen molar-refractivity contribution in [1.82, 2.24) is 25.3 Å². The first-order valence-electron chi connectivity index (χ1n) is 13.4. The lowest BCUT2D eigenvalue weighted by Crippen LogP contribution is -2.55. The van der Waals surface area contributed by atoms with Crippen LogP contribution in [0.1, 0.15) is 59.3 Å². The summed E-state index contributed by atoms with van der Waals surface area (Å²) in [5.41, 5.74) is 1.23. The molecule has 2 saturated heterocycles. The zero-order valence-corrected chi connectivity index (χ0v) is 22.9. The lowest BCUT2D eigenvalue weighted by Gasteiger charge is -2.32. The van der Waals surface area contributed by atoms with E-state index in [2.05, 4.69) is 15.5 Å². The van der Waals surface area contributed by atoms with Gasteiger partial charge >= 0.3 is 7.12 Å².